The molecule has 0 aliphatic heterocycles. The molecule has 2 N–H and O–H groups in total. The highest BCUT2D eigenvalue weighted by Gasteiger charge is 2.19. The van der Waals surface area contributed by atoms with E-state index in [0.29, 0.717) is 11.3 Å². The van der Waals surface area contributed by atoms with Crippen molar-refractivity contribution in [3.8, 4) is 22.8 Å². The summed E-state index contributed by atoms with van der Waals surface area (Å²) in [5, 5.41) is 4.24. The summed E-state index contributed by atoms with van der Waals surface area (Å²) in [5.41, 5.74) is 1.48. The molecule has 28 heavy (non-hydrogen) atoms. The third kappa shape index (κ3) is 4.42. The van der Waals surface area contributed by atoms with Crippen molar-refractivity contribution in [1.82, 2.24) is 15.6 Å². The molecule has 142 valence electrons. The van der Waals surface area contributed by atoms with Crippen molar-refractivity contribution in [2.75, 3.05) is 13.7 Å². The Morgan fingerprint density at radius 2 is 1.75 bits per heavy atom. The van der Waals surface area contributed by atoms with Crippen molar-refractivity contribution in [3.63, 3.8) is 0 Å². The summed E-state index contributed by atoms with van der Waals surface area (Å²) in [6.07, 6.45) is 1.57. The van der Waals surface area contributed by atoms with Crippen LogP contribution in [0.4, 0.5) is 4.79 Å². The van der Waals surface area contributed by atoms with E-state index in [-0.39, 0.29) is 11.5 Å². The maximum absolute atomic E-state index is 12.4. The molecule has 3 amide bonds. The lowest BCUT2D eigenvalue weighted by molar-refractivity contribution is -0.123. The Morgan fingerprint density at radius 1 is 1.04 bits per heavy atom. The minimum Gasteiger partial charge on any atom is -0.452 e. The van der Waals surface area contributed by atoms with Gasteiger partial charge in [0.2, 0.25) is 5.89 Å². The van der Waals surface area contributed by atoms with Crippen LogP contribution in [0.2, 0.25) is 0 Å². The minimum absolute atomic E-state index is 0.191. The summed E-state index contributed by atoms with van der Waals surface area (Å²) in [6, 6.07) is 15.3. The Morgan fingerprint density at radius 3 is 2.50 bits per heavy atom. The van der Waals surface area contributed by atoms with Gasteiger partial charge in [0.1, 0.15) is 0 Å². The normalized spacial score (nSPS) is 10.2. The molecule has 8 heteroatoms. The predicted octanol–water partition coefficient (Wildman–Crippen LogP) is 2.62. The van der Waals surface area contributed by atoms with Gasteiger partial charge < -0.3 is 14.5 Å². The van der Waals surface area contributed by atoms with E-state index in [9.17, 15) is 14.4 Å². The number of carbonyl (C=O) groups is 3. The van der Waals surface area contributed by atoms with Gasteiger partial charge in [0, 0.05) is 12.6 Å². The van der Waals surface area contributed by atoms with Gasteiger partial charge in [-0.3, -0.25) is 10.1 Å². The van der Waals surface area contributed by atoms with Crippen LogP contribution >= 0.6 is 0 Å². The fraction of sp³-hybridized carbons (Fsp3) is 0.100. The van der Waals surface area contributed by atoms with Crippen LogP contribution in [0.15, 0.2) is 65.2 Å². The van der Waals surface area contributed by atoms with Crippen molar-refractivity contribution in [2.24, 2.45) is 0 Å². The molecule has 0 fully saturated rings. The van der Waals surface area contributed by atoms with E-state index in [4.69, 9.17) is 9.15 Å². The van der Waals surface area contributed by atoms with E-state index in [1.165, 1.54) is 7.05 Å². The quantitative estimate of drug-likeness (QED) is 0.660. The summed E-state index contributed by atoms with van der Waals surface area (Å²) in [4.78, 5) is 39.3. The number of benzene rings is 2. The average molecular weight is 379 g/mol. The van der Waals surface area contributed by atoms with Gasteiger partial charge in [-0.15, -0.1) is 0 Å². The average Bonchev–Trinajstić information content (AvgIpc) is 3.22. The third-order valence-electron chi connectivity index (χ3n) is 3.76. The SMILES string of the molecule is CNC(=O)NC(=O)COC(=O)c1ccccc1-c1ncc(-c2ccccc2)o1. The number of urea groups is 1. The molecule has 0 bridgehead atoms. The fourth-order valence-corrected chi connectivity index (χ4v) is 2.42. The molecule has 3 rings (SSSR count). The lowest BCUT2D eigenvalue weighted by atomic mass is 10.1. The predicted molar refractivity (Wildman–Crippen MR) is 100 cm³/mol. The minimum atomic E-state index is -0.743. The van der Waals surface area contributed by atoms with E-state index in [1.807, 2.05) is 35.6 Å². The van der Waals surface area contributed by atoms with Crippen LogP contribution in [0.5, 0.6) is 0 Å². The molecule has 0 aliphatic rings. The van der Waals surface area contributed by atoms with Gasteiger partial charge in [-0.1, -0.05) is 42.5 Å². The summed E-state index contributed by atoms with van der Waals surface area (Å²) in [5.74, 6) is -0.667. The van der Waals surface area contributed by atoms with E-state index >= 15 is 0 Å². The number of nitrogens with one attached hydrogen (secondary N) is 2. The maximum Gasteiger partial charge on any atom is 0.339 e. The molecule has 0 saturated carbocycles. The number of ether oxygens (including phenoxy) is 1. The third-order valence-corrected chi connectivity index (χ3v) is 3.76. The number of rotatable bonds is 5. The largest absolute Gasteiger partial charge is 0.452 e. The van der Waals surface area contributed by atoms with Gasteiger partial charge in [0.15, 0.2) is 12.4 Å². The standard InChI is InChI=1S/C20H17N3O5/c1-21-20(26)23-17(24)12-27-19(25)15-10-6-5-9-14(15)18-22-11-16(28-18)13-7-3-2-4-8-13/h2-11H,12H2,1H3,(H2,21,23,24,26). The summed E-state index contributed by atoms with van der Waals surface area (Å²) < 4.78 is 10.8. The van der Waals surface area contributed by atoms with Crippen LogP contribution in [-0.2, 0) is 9.53 Å². The zero-order chi connectivity index (χ0) is 19.9. The van der Waals surface area contributed by atoms with Gasteiger partial charge in [-0.2, -0.15) is 0 Å². The first-order valence-corrected chi connectivity index (χ1v) is 8.38. The molecular formula is C20H17N3O5. The first-order chi connectivity index (χ1) is 13.6. The number of amides is 3. The van der Waals surface area contributed by atoms with Crippen molar-refractivity contribution in [2.45, 2.75) is 0 Å². The van der Waals surface area contributed by atoms with Crippen LogP contribution in [0, 0.1) is 0 Å². The second-order valence-electron chi connectivity index (χ2n) is 5.64. The van der Waals surface area contributed by atoms with Gasteiger partial charge in [0.25, 0.3) is 5.91 Å². The number of nitrogens with zero attached hydrogens (tertiary/aromatic N) is 1. The number of hydrogen-bond donors (Lipinski definition) is 2. The number of esters is 1. The van der Waals surface area contributed by atoms with Gasteiger partial charge in [0.05, 0.1) is 17.3 Å². The van der Waals surface area contributed by atoms with Crippen LogP contribution in [0.1, 0.15) is 10.4 Å². The number of aromatic nitrogens is 1. The van der Waals surface area contributed by atoms with Crippen LogP contribution in [0.3, 0.4) is 0 Å². The molecule has 1 aromatic heterocycles. The van der Waals surface area contributed by atoms with Crippen molar-refractivity contribution in [3.05, 3.63) is 66.4 Å². The molecule has 0 spiro atoms. The molecule has 3 aromatic rings. The summed E-state index contributed by atoms with van der Waals surface area (Å²) >= 11 is 0. The second-order valence-corrected chi connectivity index (χ2v) is 5.64. The highest BCUT2D eigenvalue weighted by Crippen LogP contribution is 2.28. The lowest BCUT2D eigenvalue weighted by Crippen LogP contribution is -2.39. The van der Waals surface area contributed by atoms with Gasteiger partial charge >= 0.3 is 12.0 Å². The van der Waals surface area contributed by atoms with Crippen LogP contribution in [-0.4, -0.2) is 36.5 Å². The van der Waals surface area contributed by atoms with E-state index in [1.54, 1.807) is 30.5 Å². The lowest BCUT2D eigenvalue weighted by Gasteiger charge is -2.08. The zero-order valence-corrected chi connectivity index (χ0v) is 15.0. The van der Waals surface area contributed by atoms with Crippen molar-refractivity contribution in [1.29, 1.82) is 0 Å². The van der Waals surface area contributed by atoms with E-state index in [2.05, 4.69) is 10.3 Å². The monoisotopic (exact) mass is 379 g/mol. The Balaban J connectivity index is 1.76. The number of carbonyl (C=O) groups excluding carboxylic acids is 3. The highest BCUT2D eigenvalue weighted by molar-refractivity contribution is 5.99. The highest BCUT2D eigenvalue weighted by atomic mass is 16.5. The van der Waals surface area contributed by atoms with Gasteiger partial charge in [-0.05, 0) is 12.1 Å². The molecule has 2 aromatic carbocycles. The summed E-state index contributed by atoms with van der Waals surface area (Å²) in [7, 11) is 1.37. The molecule has 0 radical (unpaired) electrons. The first-order valence-electron chi connectivity index (χ1n) is 8.38. The number of oxazole rings is 1. The fourth-order valence-electron chi connectivity index (χ4n) is 2.42. The Bertz CT molecular complexity index is 998. The molecular weight excluding hydrogens is 362 g/mol. The smallest absolute Gasteiger partial charge is 0.339 e. The Hall–Kier alpha value is -3.94. The first kappa shape index (κ1) is 18.8. The summed E-state index contributed by atoms with van der Waals surface area (Å²) in [6.45, 7) is -0.596. The number of hydrogen-bond acceptors (Lipinski definition) is 6. The molecule has 8 nitrogen and oxygen atoms in total. The van der Waals surface area contributed by atoms with Crippen molar-refractivity contribution >= 4 is 17.9 Å². The topological polar surface area (TPSA) is 111 Å². The second kappa shape index (κ2) is 8.63. The maximum atomic E-state index is 12.4. The molecule has 0 atom stereocenters. The van der Waals surface area contributed by atoms with Crippen LogP contribution in [0.25, 0.3) is 22.8 Å². The Kier molecular flexibility index (Phi) is 5.81. The zero-order valence-electron chi connectivity index (χ0n) is 15.0. The molecule has 0 saturated heterocycles. The van der Waals surface area contributed by atoms with Crippen LogP contribution < -0.4 is 10.6 Å². The molecule has 1 heterocycles. The molecule has 0 unspecified atom stereocenters. The van der Waals surface area contributed by atoms with E-state index < -0.39 is 24.5 Å². The van der Waals surface area contributed by atoms with E-state index in [0.717, 1.165) is 5.56 Å². The van der Waals surface area contributed by atoms with Crippen molar-refractivity contribution < 1.29 is 23.5 Å². The molecule has 0 aliphatic carbocycles. The number of imide groups is 1. The van der Waals surface area contributed by atoms with Gasteiger partial charge in [-0.25, -0.2) is 14.6 Å². The Labute approximate surface area is 160 Å².